The number of benzene rings is 1. The largest absolute Gasteiger partial charge is 0.447 e. The van der Waals surface area contributed by atoms with Gasteiger partial charge in [-0.25, -0.2) is 9.78 Å². The van der Waals surface area contributed by atoms with Crippen molar-refractivity contribution in [2.45, 2.75) is 65.0 Å². The quantitative estimate of drug-likeness (QED) is 0.619. The number of hydrogen-bond donors (Lipinski definition) is 1. The van der Waals surface area contributed by atoms with Crippen LogP contribution in [0.25, 0.3) is 0 Å². The summed E-state index contributed by atoms with van der Waals surface area (Å²) in [5.74, 6) is 0.718. The molecule has 0 bridgehead atoms. The molecule has 2 heterocycles. The van der Waals surface area contributed by atoms with E-state index in [-0.39, 0.29) is 42.1 Å². The molecule has 1 aromatic carbocycles. The van der Waals surface area contributed by atoms with E-state index in [1.807, 2.05) is 34.6 Å². The molecule has 1 aliphatic rings. The van der Waals surface area contributed by atoms with E-state index in [4.69, 9.17) is 9.47 Å². The number of carbonyl (C=O) groups is 1. The number of aromatic nitrogens is 2. The minimum absolute atomic E-state index is 0.0660. The van der Waals surface area contributed by atoms with Gasteiger partial charge in [0, 0.05) is 6.20 Å². The summed E-state index contributed by atoms with van der Waals surface area (Å²) in [7, 11) is 0. The Morgan fingerprint density at radius 3 is 2.69 bits per heavy atom. The van der Waals surface area contributed by atoms with Crippen molar-refractivity contribution in [1.29, 1.82) is 0 Å². The second kappa shape index (κ2) is 9.64. The summed E-state index contributed by atoms with van der Waals surface area (Å²) in [4.78, 5) is 22.6. The second-order valence-electron chi connectivity index (χ2n) is 8.51. The van der Waals surface area contributed by atoms with Crippen molar-refractivity contribution in [3.8, 4) is 5.75 Å². The first kappa shape index (κ1) is 23.6. The molecule has 3 rings (SSSR count). The lowest BCUT2D eigenvalue weighted by atomic mass is 10.1. The average Bonchev–Trinajstić information content (AvgIpc) is 3.08. The minimum Gasteiger partial charge on any atom is -0.447 e. The molecule has 0 saturated carbocycles. The Balaban J connectivity index is 1.76. The molecular weight excluding hydrogens is 422 g/mol. The molecule has 1 amide bonds. The number of ether oxygens (including phenoxy) is 3. The molecule has 10 heteroatoms. The zero-order valence-electron chi connectivity index (χ0n) is 18.7. The predicted octanol–water partition coefficient (Wildman–Crippen LogP) is 4.78. The van der Waals surface area contributed by atoms with Gasteiger partial charge in [-0.15, -0.1) is 0 Å². The fraction of sp³-hybridized carbons (Fsp3) is 0.500. The van der Waals surface area contributed by atoms with Crippen LogP contribution in [0.1, 0.15) is 46.2 Å². The van der Waals surface area contributed by atoms with Gasteiger partial charge in [0.15, 0.2) is 0 Å². The summed E-state index contributed by atoms with van der Waals surface area (Å²) in [6.45, 7) is 6.86. The van der Waals surface area contributed by atoms with Gasteiger partial charge in [-0.2, -0.15) is 13.8 Å². The fourth-order valence-electron chi connectivity index (χ4n) is 3.47. The number of carbonyl (C=O) groups excluding carboxylic acids is 1. The van der Waals surface area contributed by atoms with Gasteiger partial charge < -0.3 is 19.5 Å². The summed E-state index contributed by atoms with van der Waals surface area (Å²) in [6.07, 6.45) is 0.740. The normalized spacial score (nSPS) is 18.4. The number of rotatable bonds is 8. The van der Waals surface area contributed by atoms with Gasteiger partial charge in [0.1, 0.15) is 24.2 Å². The smallest absolute Gasteiger partial charge is 0.416 e. The van der Waals surface area contributed by atoms with Crippen LogP contribution in [0.3, 0.4) is 0 Å². The predicted molar refractivity (Wildman–Crippen MR) is 115 cm³/mol. The minimum atomic E-state index is -2.90. The van der Waals surface area contributed by atoms with Crippen molar-refractivity contribution in [3.05, 3.63) is 42.1 Å². The van der Waals surface area contributed by atoms with Crippen LogP contribution < -0.4 is 15.0 Å². The Morgan fingerprint density at radius 1 is 1.25 bits per heavy atom. The number of cyclic esters (lactones) is 1. The van der Waals surface area contributed by atoms with Gasteiger partial charge in [0.05, 0.1) is 17.7 Å². The zero-order valence-corrected chi connectivity index (χ0v) is 18.7. The first-order valence-electron chi connectivity index (χ1n) is 10.3. The highest BCUT2D eigenvalue weighted by Crippen LogP contribution is 2.28. The van der Waals surface area contributed by atoms with Crippen molar-refractivity contribution >= 4 is 17.9 Å². The molecule has 32 heavy (non-hydrogen) atoms. The number of nitrogens with zero attached hydrogens (tertiary/aromatic N) is 3. The number of nitrogens with one attached hydrogen (secondary N) is 1. The van der Waals surface area contributed by atoms with Gasteiger partial charge in [-0.3, -0.25) is 4.90 Å². The first-order valence-corrected chi connectivity index (χ1v) is 10.3. The van der Waals surface area contributed by atoms with E-state index in [9.17, 15) is 13.6 Å². The molecule has 1 unspecified atom stereocenters. The summed E-state index contributed by atoms with van der Waals surface area (Å²) in [5.41, 5.74) is 0.329. The van der Waals surface area contributed by atoms with Crippen molar-refractivity contribution in [2.75, 3.05) is 16.8 Å². The standard InChI is InChI=1S/C22H28F2N4O4/c1-13(15-7-6-8-16(11-15)31-19(23)24)26-20-25-10-9-18(27-20)28-17(12-30-21(28)29)14(2)32-22(3,4)5/h6-11,13-14,17,19H,12H2,1-5H3,(H,25,26,27)/t13-,14+,17?/m0/s1. The van der Waals surface area contributed by atoms with Gasteiger partial charge in [0.2, 0.25) is 5.95 Å². The number of anilines is 2. The molecule has 8 nitrogen and oxygen atoms in total. The van der Waals surface area contributed by atoms with Crippen molar-refractivity contribution < 1.29 is 27.8 Å². The SMILES string of the molecule is C[C@H](Nc1nccc(N2C(=O)OCC2[C@@H](C)OC(C)(C)C)n1)c1cccc(OC(F)F)c1. The molecule has 1 fully saturated rings. The number of alkyl halides is 2. The number of amides is 1. The molecular formula is C22H28F2N4O4. The van der Waals surface area contributed by atoms with E-state index in [0.29, 0.717) is 11.4 Å². The van der Waals surface area contributed by atoms with Crippen LogP contribution in [0, 0.1) is 0 Å². The molecule has 1 saturated heterocycles. The van der Waals surface area contributed by atoms with Crippen LogP contribution in [0.2, 0.25) is 0 Å². The fourth-order valence-corrected chi connectivity index (χ4v) is 3.47. The second-order valence-corrected chi connectivity index (χ2v) is 8.51. The van der Waals surface area contributed by atoms with Gasteiger partial charge in [-0.1, -0.05) is 12.1 Å². The third kappa shape index (κ3) is 6.03. The molecule has 0 spiro atoms. The molecule has 0 aliphatic carbocycles. The van der Waals surface area contributed by atoms with Crippen molar-refractivity contribution in [3.63, 3.8) is 0 Å². The monoisotopic (exact) mass is 450 g/mol. The number of hydrogen-bond acceptors (Lipinski definition) is 7. The molecule has 1 N–H and O–H groups in total. The van der Waals surface area contributed by atoms with Gasteiger partial charge >= 0.3 is 12.7 Å². The van der Waals surface area contributed by atoms with Gasteiger partial charge in [-0.05, 0) is 58.4 Å². The maximum absolute atomic E-state index is 12.5. The van der Waals surface area contributed by atoms with E-state index < -0.39 is 12.7 Å². The lowest BCUT2D eigenvalue weighted by molar-refractivity contribution is -0.0618. The zero-order chi connectivity index (χ0) is 23.5. The number of halogens is 2. The summed E-state index contributed by atoms with van der Waals surface area (Å²) in [5, 5.41) is 3.12. The lowest BCUT2D eigenvalue weighted by Gasteiger charge is -2.31. The Morgan fingerprint density at radius 2 is 2.00 bits per heavy atom. The maximum Gasteiger partial charge on any atom is 0.416 e. The molecule has 1 aromatic heterocycles. The molecule has 174 valence electrons. The van der Waals surface area contributed by atoms with Crippen molar-refractivity contribution in [2.24, 2.45) is 0 Å². The molecule has 2 aromatic rings. The van der Waals surface area contributed by atoms with Crippen LogP contribution in [0.4, 0.5) is 25.3 Å². The summed E-state index contributed by atoms with van der Waals surface area (Å²) in [6, 6.07) is 7.35. The Hall–Kier alpha value is -3.01. The highest BCUT2D eigenvalue weighted by Gasteiger charge is 2.40. The van der Waals surface area contributed by atoms with E-state index in [1.165, 1.54) is 23.2 Å². The van der Waals surface area contributed by atoms with Crippen LogP contribution >= 0.6 is 0 Å². The molecule has 0 radical (unpaired) electrons. The van der Waals surface area contributed by atoms with E-state index >= 15 is 0 Å². The van der Waals surface area contributed by atoms with E-state index in [1.54, 1.807) is 18.2 Å². The topological polar surface area (TPSA) is 85.8 Å². The Kier molecular flexibility index (Phi) is 7.12. The van der Waals surface area contributed by atoms with Crippen LogP contribution in [-0.4, -0.2) is 47.0 Å². The first-order chi connectivity index (χ1) is 15.0. The third-order valence-electron chi connectivity index (χ3n) is 4.80. The molecule has 1 aliphatic heterocycles. The Bertz CT molecular complexity index is 938. The Labute approximate surface area is 185 Å². The molecule has 3 atom stereocenters. The summed E-state index contributed by atoms with van der Waals surface area (Å²) < 4.78 is 40.7. The van der Waals surface area contributed by atoms with Crippen LogP contribution in [0.15, 0.2) is 36.5 Å². The van der Waals surface area contributed by atoms with E-state index in [2.05, 4.69) is 20.0 Å². The average molecular weight is 450 g/mol. The van der Waals surface area contributed by atoms with Crippen LogP contribution in [-0.2, 0) is 9.47 Å². The highest BCUT2D eigenvalue weighted by molar-refractivity contribution is 5.89. The third-order valence-corrected chi connectivity index (χ3v) is 4.80. The van der Waals surface area contributed by atoms with Crippen LogP contribution in [0.5, 0.6) is 5.75 Å². The van der Waals surface area contributed by atoms with Crippen molar-refractivity contribution in [1.82, 2.24) is 9.97 Å². The van der Waals surface area contributed by atoms with E-state index in [0.717, 1.165) is 0 Å². The lowest BCUT2D eigenvalue weighted by Crippen LogP contribution is -2.45. The highest BCUT2D eigenvalue weighted by atomic mass is 19.3. The summed E-state index contributed by atoms with van der Waals surface area (Å²) >= 11 is 0. The maximum atomic E-state index is 12.5. The van der Waals surface area contributed by atoms with Gasteiger partial charge in [0.25, 0.3) is 0 Å².